The molecule has 1 aromatic carbocycles. The Morgan fingerprint density at radius 1 is 1.16 bits per heavy atom. The molecule has 0 saturated heterocycles. The van der Waals surface area contributed by atoms with Crippen molar-refractivity contribution in [2.24, 2.45) is 5.92 Å². The first-order chi connectivity index (χ1) is 11.3. The van der Waals surface area contributed by atoms with Crippen LogP contribution >= 0.6 is 0 Å². The van der Waals surface area contributed by atoms with Gasteiger partial charge in [-0.1, -0.05) is 13.8 Å². The molecule has 1 atom stereocenters. The van der Waals surface area contributed by atoms with Crippen LogP contribution < -0.4 is 4.74 Å². The maximum atomic E-state index is 13.8. The Morgan fingerprint density at radius 3 is 2.16 bits per heavy atom. The highest BCUT2D eigenvalue weighted by Gasteiger charge is 2.51. The number of carbonyl (C=O) groups is 2. The van der Waals surface area contributed by atoms with E-state index in [2.05, 4.69) is 0 Å². The Bertz CT molecular complexity index is 649. The Labute approximate surface area is 144 Å². The summed E-state index contributed by atoms with van der Waals surface area (Å²) >= 11 is 0. The number of halogens is 2. The summed E-state index contributed by atoms with van der Waals surface area (Å²) in [6.45, 7) is 7.80. The van der Waals surface area contributed by atoms with Gasteiger partial charge in [0.25, 0.3) is 0 Å². The SMILES string of the molecule is CC(C)C(OC(=O)c1ccc(O)c(OC(C)(C)C)c1)C(F)(F)C(=O)O. The lowest BCUT2D eigenvalue weighted by atomic mass is 10.0. The van der Waals surface area contributed by atoms with Crippen molar-refractivity contribution in [1.29, 1.82) is 0 Å². The fourth-order valence-corrected chi connectivity index (χ4v) is 1.99. The number of hydrogen-bond donors (Lipinski definition) is 2. The standard InChI is InChI=1S/C17H22F2O6/c1-9(2)13(17(18,19)15(22)23)24-14(21)10-6-7-11(20)12(8-10)25-16(3,4)5/h6-9,13,20H,1-5H3,(H,22,23). The molecule has 0 bridgehead atoms. The monoisotopic (exact) mass is 360 g/mol. The third-order valence-corrected chi connectivity index (χ3v) is 3.09. The Morgan fingerprint density at radius 2 is 1.72 bits per heavy atom. The molecule has 8 heteroatoms. The summed E-state index contributed by atoms with van der Waals surface area (Å²) in [6, 6.07) is 3.49. The minimum absolute atomic E-state index is 0.0203. The van der Waals surface area contributed by atoms with Crippen molar-refractivity contribution in [2.45, 2.75) is 52.2 Å². The number of carbonyl (C=O) groups excluding carboxylic acids is 1. The summed E-state index contributed by atoms with van der Waals surface area (Å²) in [5.74, 6) is -8.93. The second kappa shape index (κ2) is 7.25. The molecule has 0 spiro atoms. The predicted octanol–water partition coefficient (Wildman–Crippen LogP) is 3.47. The number of alkyl halides is 2. The van der Waals surface area contributed by atoms with E-state index in [1.54, 1.807) is 20.8 Å². The lowest BCUT2D eigenvalue weighted by molar-refractivity contribution is -0.187. The zero-order valence-corrected chi connectivity index (χ0v) is 14.7. The number of aromatic hydroxyl groups is 1. The number of rotatable bonds is 6. The lowest BCUT2D eigenvalue weighted by Crippen LogP contribution is -2.47. The first-order valence-electron chi connectivity index (χ1n) is 7.60. The molecule has 1 rings (SSSR count). The van der Waals surface area contributed by atoms with Gasteiger partial charge in [0.05, 0.1) is 5.56 Å². The van der Waals surface area contributed by atoms with Gasteiger partial charge in [-0.2, -0.15) is 8.78 Å². The summed E-state index contributed by atoms with van der Waals surface area (Å²) in [7, 11) is 0. The van der Waals surface area contributed by atoms with Crippen molar-refractivity contribution in [3.63, 3.8) is 0 Å². The minimum Gasteiger partial charge on any atom is -0.504 e. The molecule has 140 valence electrons. The van der Waals surface area contributed by atoms with Crippen LogP contribution in [0.1, 0.15) is 45.0 Å². The third-order valence-electron chi connectivity index (χ3n) is 3.09. The fourth-order valence-electron chi connectivity index (χ4n) is 1.99. The zero-order chi connectivity index (χ0) is 19.6. The first kappa shape index (κ1) is 20.7. The van der Waals surface area contributed by atoms with Gasteiger partial charge in [-0.15, -0.1) is 0 Å². The number of carboxylic acids is 1. The average Bonchev–Trinajstić information content (AvgIpc) is 2.44. The molecule has 0 aromatic heterocycles. The molecule has 0 heterocycles. The van der Waals surface area contributed by atoms with Gasteiger partial charge in [0, 0.05) is 0 Å². The third kappa shape index (κ3) is 5.30. The highest BCUT2D eigenvalue weighted by atomic mass is 19.3. The summed E-state index contributed by atoms with van der Waals surface area (Å²) in [5, 5.41) is 18.4. The second-order valence-electron chi connectivity index (χ2n) is 6.89. The highest BCUT2D eigenvalue weighted by molar-refractivity contribution is 5.90. The van der Waals surface area contributed by atoms with Gasteiger partial charge in [0.15, 0.2) is 17.6 Å². The molecule has 0 aliphatic rings. The normalized spacial score (nSPS) is 13.4. The maximum absolute atomic E-state index is 13.8. The van der Waals surface area contributed by atoms with Gasteiger partial charge in [-0.25, -0.2) is 9.59 Å². The van der Waals surface area contributed by atoms with E-state index in [1.807, 2.05) is 0 Å². The van der Waals surface area contributed by atoms with Crippen LogP contribution in [0.5, 0.6) is 11.5 Å². The van der Waals surface area contributed by atoms with E-state index in [9.17, 15) is 23.5 Å². The maximum Gasteiger partial charge on any atom is 0.378 e. The molecular weight excluding hydrogens is 338 g/mol. The quantitative estimate of drug-likeness (QED) is 0.755. The van der Waals surface area contributed by atoms with Crippen molar-refractivity contribution in [2.75, 3.05) is 0 Å². The smallest absolute Gasteiger partial charge is 0.378 e. The van der Waals surface area contributed by atoms with E-state index in [4.69, 9.17) is 14.6 Å². The van der Waals surface area contributed by atoms with E-state index in [0.717, 1.165) is 12.1 Å². The Balaban J connectivity index is 3.10. The van der Waals surface area contributed by atoms with Gasteiger partial charge in [0.1, 0.15) is 5.60 Å². The second-order valence-corrected chi connectivity index (χ2v) is 6.89. The molecule has 0 aliphatic carbocycles. The number of ether oxygens (including phenoxy) is 2. The summed E-state index contributed by atoms with van der Waals surface area (Å²) in [5.41, 5.74) is -0.819. The number of esters is 1. The van der Waals surface area contributed by atoms with Gasteiger partial charge in [-0.05, 0) is 44.9 Å². The largest absolute Gasteiger partial charge is 0.504 e. The van der Waals surface area contributed by atoms with E-state index >= 15 is 0 Å². The molecule has 25 heavy (non-hydrogen) atoms. The number of hydrogen-bond acceptors (Lipinski definition) is 5. The van der Waals surface area contributed by atoms with Crippen molar-refractivity contribution in [3.05, 3.63) is 23.8 Å². The molecule has 1 unspecified atom stereocenters. The van der Waals surface area contributed by atoms with Crippen LogP contribution in [-0.2, 0) is 9.53 Å². The van der Waals surface area contributed by atoms with Crippen molar-refractivity contribution >= 4 is 11.9 Å². The van der Waals surface area contributed by atoms with Crippen LogP contribution in [0.25, 0.3) is 0 Å². The summed E-state index contributed by atoms with van der Waals surface area (Å²) in [4.78, 5) is 22.9. The molecule has 0 aliphatic heterocycles. The first-order valence-corrected chi connectivity index (χ1v) is 7.60. The minimum atomic E-state index is -4.23. The Hall–Kier alpha value is -2.38. The molecule has 6 nitrogen and oxygen atoms in total. The van der Waals surface area contributed by atoms with Crippen LogP contribution in [0, 0.1) is 5.92 Å². The molecule has 0 radical (unpaired) electrons. The molecular formula is C17H22F2O6. The highest BCUT2D eigenvalue weighted by Crippen LogP contribution is 2.32. The van der Waals surface area contributed by atoms with Gasteiger partial charge < -0.3 is 19.7 Å². The molecule has 2 N–H and O–H groups in total. The number of phenols is 1. The molecule has 1 aromatic rings. The van der Waals surface area contributed by atoms with Crippen LogP contribution in [0.3, 0.4) is 0 Å². The predicted molar refractivity (Wildman–Crippen MR) is 85.1 cm³/mol. The fraction of sp³-hybridized carbons (Fsp3) is 0.529. The van der Waals surface area contributed by atoms with Crippen LogP contribution in [-0.4, -0.2) is 39.8 Å². The van der Waals surface area contributed by atoms with E-state index in [-0.39, 0.29) is 17.1 Å². The van der Waals surface area contributed by atoms with Gasteiger partial charge in [-0.3, -0.25) is 0 Å². The van der Waals surface area contributed by atoms with Crippen molar-refractivity contribution in [3.8, 4) is 11.5 Å². The van der Waals surface area contributed by atoms with Gasteiger partial charge >= 0.3 is 17.9 Å². The van der Waals surface area contributed by atoms with Crippen LogP contribution in [0.2, 0.25) is 0 Å². The Kier molecular flexibility index (Phi) is 5.99. The van der Waals surface area contributed by atoms with E-state index < -0.39 is 35.5 Å². The number of phenolic OH excluding ortho intramolecular Hbond substituents is 1. The summed E-state index contributed by atoms with van der Waals surface area (Å²) < 4.78 is 37.7. The van der Waals surface area contributed by atoms with Crippen LogP contribution in [0.4, 0.5) is 8.78 Å². The molecule has 0 fully saturated rings. The zero-order valence-electron chi connectivity index (χ0n) is 14.7. The van der Waals surface area contributed by atoms with Gasteiger partial charge in [0.2, 0.25) is 0 Å². The molecule has 0 saturated carbocycles. The summed E-state index contributed by atoms with van der Waals surface area (Å²) in [6.07, 6.45) is -2.14. The van der Waals surface area contributed by atoms with E-state index in [1.165, 1.54) is 19.9 Å². The topological polar surface area (TPSA) is 93.1 Å². The number of aliphatic carboxylic acids is 1. The average molecular weight is 360 g/mol. The number of benzene rings is 1. The molecule has 0 amide bonds. The number of carboxylic acid groups (broad SMARTS) is 1. The van der Waals surface area contributed by atoms with Crippen molar-refractivity contribution in [1.82, 2.24) is 0 Å². The lowest BCUT2D eigenvalue weighted by Gasteiger charge is -2.26. The van der Waals surface area contributed by atoms with Crippen molar-refractivity contribution < 1.29 is 38.1 Å². The van der Waals surface area contributed by atoms with Crippen LogP contribution in [0.15, 0.2) is 18.2 Å². The van der Waals surface area contributed by atoms with E-state index in [0.29, 0.717) is 0 Å².